The molecule has 0 aliphatic carbocycles. The highest BCUT2D eigenvalue weighted by Crippen LogP contribution is 2.36. The number of likely N-dealkylation sites (tertiary alicyclic amines) is 1. The summed E-state index contributed by atoms with van der Waals surface area (Å²) < 4.78 is 1.96. The first kappa shape index (κ1) is 18.6. The summed E-state index contributed by atoms with van der Waals surface area (Å²) >= 11 is 0. The highest BCUT2D eigenvalue weighted by atomic mass is 16.2. The number of benzene rings is 1. The van der Waals surface area contributed by atoms with Gasteiger partial charge in [-0.25, -0.2) is 0 Å². The van der Waals surface area contributed by atoms with E-state index in [4.69, 9.17) is 0 Å². The molecule has 140 valence electrons. The topological polar surface area (TPSA) is 50.2 Å². The number of carbonyl (C=O) groups excluding carboxylic acids is 1. The number of rotatable bonds is 7. The van der Waals surface area contributed by atoms with Crippen molar-refractivity contribution < 1.29 is 4.79 Å². The summed E-state index contributed by atoms with van der Waals surface area (Å²) in [6.07, 6.45) is 4.61. The fourth-order valence-electron chi connectivity index (χ4n) is 3.59. The van der Waals surface area contributed by atoms with Crippen LogP contribution in [0.25, 0.3) is 0 Å². The van der Waals surface area contributed by atoms with E-state index in [1.807, 2.05) is 41.0 Å². The SMILES string of the molecule is CC(C)[C@@H](C)NC[C@@H]1CC(=O)N(C)[C@H]1c1cnn(Cc2ccccc2)c1. The molecule has 1 saturated heterocycles. The number of nitrogens with zero attached hydrogens (tertiary/aromatic N) is 3. The Morgan fingerprint density at radius 1 is 1.23 bits per heavy atom. The molecule has 3 rings (SSSR count). The maximum absolute atomic E-state index is 12.3. The van der Waals surface area contributed by atoms with Crippen molar-refractivity contribution in [3.05, 3.63) is 53.9 Å². The Morgan fingerprint density at radius 3 is 2.65 bits per heavy atom. The first-order valence-corrected chi connectivity index (χ1v) is 9.51. The Kier molecular flexibility index (Phi) is 5.77. The molecule has 2 heterocycles. The summed E-state index contributed by atoms with van der Waals surface area (Å²) in [5.41, 5.74) is 2.35. The second-order valence-electron chi connectivity index (χ2n) is 7.81. The molecule has 1 aliphatic rings. The first-order valence-electron chi connectivity index (χ1n) is 9.51. The fraction of sp³-hybridized carbons (Fsp3) is 0.524. The zero-order valence-corrected chi connectivity index (χ0v) is 16.2. The normalized spacial score (nSPS) is 21.6. The van der Waals surface area contributed by atoms with E-state index in [2.05, 4.69) is 49.5 Å². The average molecular weight is 354 g/mol. The lowest BCUT2D eigenvalue weighted by Gasteiger charge is -2.26. The molecule has 0 radical (unpaired) electrons. The van der Waals surface area contributed by atoms with Gasteiger partial charge in [0, 0.05) is 43.7 Å². The molecule has 0 saturated carbocycles. The minimum absolute atomic E-state index is 0.0962. The van der Waals surface area contributed by atoms with E-state index in [0.29, 0.717) is 18.4 Å². The number of hydrogen-bond acceptors (Lipinski definition) is 3. The molecule has 1 N–H and O–H groups in total. The molecule has 5 nitrogen and oxygen atoms in total. The molecule has 1 aromatic carbocycles. The third kappa shape index (κ3) is 4.15. The standard InChI is InChI=1S/C21H30N4O/c1-15(2)16(3)22-11-18-10-20(26)24(4)21(18)19-12-23-25(14-19)13-17-8-6-5-7-9-17/h5-9,12,14-16,18,21-22H,10-11,13H2,1-4H3/t16-,18+,21-/m1/s1. The molecule has 2 aromatic rings. The zero-order chi connectivity index (χ0) is 18.7. The van der Waals surface area contributed by atoms with Crippen molar-refractivity contribution >= 4 is 5.91 Å². The van der Waals surface area contributed by atoms with Crippen LogP contribution in [0.5, 0.6) is 0 Å². The van der Waals surface area contributed by atoms with Crippen molar-refractivity contribution in [2.45, 2.75) is 45.8 Å². The maximum atomic E-state index is 12.3. The van der Waals surface area contributed by atoms with Gasteiger partial charge in [0.15, 0.2) is 0 Å². The zero-order valence-electron chi connectivity index (χ0n) is 16.2. The highest BCUT2D eigenvalue weighted by Gasteiger charge is 2.39. The van der Waals surface area contributed by atoms with Crippen LogP contribution in [0.15, 0.2) is 42.7 Å². The Balaban J connectivity index is 1.71. The van der Waals surface area contributed by atoms with Crippen molar-refractivity contribution in [1.82, 2.24) is 20.0 Å². The first-order chi connectivity index (χ1) is 12.5. The molecule has 1 aromatic heterocycles. The van der Waals surface area contributed by atoms with Crippen LogP contribution >= 0.6 is 0 Å². The van der Waals surface area contributed by atoms with E-state index in [9.17, 15) is 4.79 Å². The molecule has 1 amide bonds. The number of amides is 1. The van der Waals surface area contributed by atoms with Crippen LogP contribution in [-0.4, -0.2) is 40.2 Å². The van der Waals surface area contributed by atoms with E-state index >= 15 is 0 Å². The van der Waals surface area contributed by atoms with Crippen LogP contribution in [0, 0.1) is 11.8 Å². The van der Waals surface area contributed by atoms with E-state index in [0.717, 1.165) is 18.7 Å². The summed E-state index contributed by atoms with van der Waals surface area (Å²) in [5, 5.41) is 8.14. The van der Waals surface area contributed by atoms with Gasteiger partial charge >= 0.3 is 0 Å². The number of aromatic nitrogens is 2. The smallest absolute Gasteiger partial charge is 0.223 e. The molecular weight excluding hydrogens is 324 g/mol. The number of hydrogen-bond donors (Lipinski definition) is 1. The largest absolute Gasteiger partial charge is 0.338 e. The van der Waals surface area contributed by atoms with Crippen molar-refractivity contribution in [2.75, 3.05) is 13.6 Å². The van der Waals surface area contributed by atoms with Gasteiger partial charge in [0.2, 0.25) is 5.91 Å². The van der Waals surface area contributed by atoms with Gasteiger partial charge in [0.25, 0.3) is 0 Å². The quantitative estimate of drug-likeness (QED) is 0.831. The minimum atomic E-state index is 0.0962. The Labute approximate surface area is 156 Å². The molecule has 1 aliphatic heterocycles. The molecule has 0 spiro atoms. The van der Waals surface area contributed by atoms with Crippen LogP contribution in [0.2, 0.25) is 0 Å². The average Bonchev–Trinajstić information content (AvgIpc) is 3.18. The van der Waals surface area contributed by atoms with Gasteiger partial charge in [-0.2, -0.15) is 5.10 Å². The van der Waals surface area contributed by atoms with Gasteiger partial charge in [-0.1, -0.05) is 44.2 Å². The van der Waals surface area contributed by atoms with E-state index in [-0.39, 0.29) is 17.9 Å². The molecule has 26 heavy (non-hydrogen) atoms. The maximum Gasteiger partial charge on any atom is 0.223 e. The molecule has 0 bridgehead atoms. The monoisotopic (exact) mass is 354 g/mol. The molecule has 0 unspecified atom stereocenters. The van der Waals surface area contributed by atoms with Gasteiger partial charge in [-0.05, 0) is 18.4 Å². The molecule has 1 fully saturated rings. The van der Waals surface area contributed by atoms with E-state index in [1.165, 1.54) is 5.56 Å². The lowest BCUT2D eigenvalue weighted by atomic mass is 9.95. The van der Waals surface area contributed by atoms with Crippen LogP contribution in [0.4, 0.5) is 0 Å². The van der Waals surface area contributed by atoms with Gasteiger partial charge in [-0.15, -0.1) is 0 Å². The van der Waals surface area contributed by atoms with Crippen LogP contribution in [-0.2, 0) is 11.3 Å². The van der Waals surface area contributed by atoms with Crippen LogP contribution < -0.4 is 5.32 Å². The third-order valence-electron chi connectivity index (χ3n) is 5.58. The third-order valence-corrected chi connectivity index (χ3v) is 5.58. The lowest BCUT2D eigenvalue weighted by molar-refractivity contribution is -0.127. The van der Waals surface area contributed by atoms with Crippen molar-refractivity contribution in [3.63, 3.8) is 0 Å². The fourth-order valence-corrected chi connectivity index (χ4v) is 3.59. The van der Waals surface area contributed by atoms with Crippen molar-refractivity contribution in [1.29, 1.82) is 0 Å². The van der Waals surface area contributed by atoms with Crippen molar-refractivity contribution in [2.24, 2.45) is 11.8 Å². The number of carbonyl (C=O) groups is 1. The molecular formula is C21H30N4O. The Bertz CT molecular complexity index is 725. The predicted octanol–water partition coefficient (Wildman–Crippen LogP) is 3.08. The summed E-state index contributed by atoms with van der Waals surface area (Å²) in [5.74, 6) is 1.08. The second kappa shape index (κ2) is 8.04. The van der Waals surface area contributed by atoms with Gasteiger partial charge in [0.05, 0.1) is 18.8 Å². The lowest BCUT2D eigenvalue weighted by Crippen LogP contribution is -2.36. The van der Waals surface area contributed by atoms with E-state index < -0.39 is 0 Å². The molecule has 3 atom stereocenters. The summed E-state index contributed by atoms with van der Waals surface area (Å²) in [6.45, 7) is 8.24. The van der Waals surface area contributed by atoms with Crippen LogP contribution in [0.1, 0.15) is 44.4 Å². The van der Waals surface area contributed by atoms with Gasteiger partial charge in [0.1, 0.15) is 0 Å². The highest BCUT2D eigenvalue weighted by molar-refractivity contribution is 5.79. The van der Waals surface area contributed by atoms with Gasteiger partial charge in [-0.3, -0.25) is 9.48 Å². The summed E-state index contributed by atoms with van der Waals surface area (Å²) in [7, 11) is 1.91. The predicted molar refractivity (Wildman–Crippen MR) is 104 cm³/mol. The summed E-state index contributed by atoms with van der Waals surface area (Å²) in [4.78, 5) is 14.2. The van der Waals surface area contributed by atoms with Gasteiger partial charge < -0.3 is 10.2 Å². The van der Waals surface area contributed by atoms with Crippen LogP contribution in [0.3, 0.4) is 0 Å². The Morgan fingerprint density at radius 2 is 1.96 bits per heavy atom. The second-order valence-corrected chi connectivity index (χ2v) is 7.81. The van der Waals surface area contributed by atoms with Crippen molar-refractivity contribution in [3.8, 4) is 0 Å². The Hall–Kier alpha value is -2.14. The minimum Gasteiger partial charge on any atom is -0.338 e. The van der Waals surface area contributed by atoms with E-state index in [1.54, 1.807) is 0 Å². The molecule has 5 heteroatoms. The summed E-state index contributed by atoms with van der Waals surface area (Å²) in [6, 6.07) is 10.9. The number of nitrogens with one attached hydrogen (secondary N) is 1.